The molecule has 1 fully saturated rings. The minimum absolute atomic E-state index is 0.133. The SMILES string of the molecule is CNc1ccc([N+](=O)[O-])cc1CN1CC(C)OC(C)C1. The Kier molecular flexibility index (Phi) is 4.57. The number of benzene rings is 1. The quantitative estimate of drug-likeness (QED) is 0.676. The summed E-state index contributed by atoms with van der Waals surface area (Å²) in [7, 11) is 1.83. The minimum atomic E-state index is -0.354. The van der Waals surface area contributed by atoms with Crippen molar-refractivity contribution in [3.05, 3.63) is 33.9 Å². The number of anilines is 1. The molecule has 1 saturated heterocycles. The molecule has 2 rings (SSSR count). The van der Waals surface area contributed by atoms with Gasteiger partial charge >= 0.3 is 0 Å². The van der Waals surface area contributed by atoms with Crippen molar-refractivity contribution >= 4 is 11.4 Å². The molecule has 0 amide bonds. The largest absolute Gasteiger partial charge is 0.388 e. The minimum Gasteiger partial charge on any atom is -0.388 e. The molecule has 2 atom stereocenters. The van der Waals surface area contributed by atoms with Crippen LogP contribution in [0.25, 0.3) is 0 Å². The number of nitrogens with zero attached hydrogens (tertiary/aromatic N) is 2. The lowest BCUT2D eigenvalue weighted by Gasteiger charge is -2.35. The van der Waals surface area contributed by atoms with Gasteiger partial charge in [0.05, 0.1) is 17.1 Å². The molecule has 1 aromatic carbocycles. The molecule has 1 aliphatic rings. The Hall–Kier alpha value is -1.66. The summed E-state index contributed by atoms with van der Waals surface area (Å²) in [6.07, 6.45) is 0.381. The summed E-state index contributed by atoms with van der Waals surface area (Å²) in [5, 5.41) is 14.0. The lowest BCUT2D eigenvalue weighted by Crippen LogP contribution is -2.44. The first-order valence-corrected chi connectivity index (χ1v) is 6.82. The highest BCUT2D eigenvalue weighted by atomic mass is 16.6. The van der Waals surface area contributed by atoms with Crippen molar-refractivity contribution in [2.45, 2.75) is 32.6 Å². The van der Waals surface area contributed by atoms with Crippen LogP contribution < -0.4 is 5.32 Å². The maximum Gasteiger partial charge on any atom is 0.269 e. The molecule has 6 nitrogen and oxygen atoms in total. The third-order valence-corrected chi connectivity index (χ3v) is 3.46. The van der Waals surface area contributed by atoms with Crippen molar-refractivity contribution in [1.82, 2.24) is 4.90 Å². The molecule has 0 bridgehead atoms. The fourth-order valence-corrected chi connectivity index (χ4v) is 2.72. The highest BCUT2D eigenvalue weighted by Crippen LogP contribution is 2.24. The van der Waals surface area contributed by atoms with Crippen LogP contribution in [0.15, 0.2) is 18.2 Å². The second-order valence-electron chi connectivity index (χ2n) is 5.30. The first kappa shape index (κ1) is 14.7. The van der Waals surface area contributed by atoms with E-state index in [2.05, 4.69) is 24.1 Å². The van der Waals surface area contributed by atoms with Crippen LogP contribution in [0.4, 0.5) is 11.4 Å². The molecule has 1 N–H and O–H groups in total. The van der Waals surface area contributed by atoms with Crippen LogP contribution in [0.1, 0.15) is 19.4 Å². The van der Waals surface area contributed by atoms with E-state index in [1.165, 1.54) is 6.07 Å². The van der Waals surface area contributed by atoms with Gasteiger partial charge in [-0.1, -0.05) is 0 Å². The maximum absolute atomic E-state index is 10.9. The average molecular weight is 279 g/mol. The van der Waals surface area contributed by atoms with Crippen LogP contribution in [0.5, 0.6) is 0 Å². The Morgan fingerprint density at radius 1 is 1.40 bits per heavy atom. The molecule has 0 aliphatic carbocycles. The third-order valence-electron chi connectivity index (χ3n) is 3.46. The van der Waals surface area contributed by atoms with Gasteiger partial charge in [-0.3, -0.25) is 15.0 Å². The lowest BCUT2D eigenvalue weighted by atomic mass is 10.1. The number of hydrogen-bond acceptors (Lipinski definition) is 5. The smallest absolute Gasteiger partial charge is 0.269 e. The van der Waals surface area contributed by atoms with Gasteiger partial charge in [-0.15, -0.1) is 0 Å². The summed E-state index contributed by atoms with van der Waals surface area (Å²) in [5.41, 5.74) is 2.01. The fraction of sp³-hybridized carbons (Fsp3) is 0.571. The van der Waals surface area contributed by atoms with E-state index in [-0.39, 0.29) is 22.8 Å². The molecule has 1 aromatic rings. The van der Waals surface area contributed by atoms with Crippen molar-refractivity contribution in [3.8, 4) is 0 Å². The van der Waals surface area contributed by atoms with Gasteiger partial charge in [0.1, 0.15) is 0 Å². The predicted octanol–water partition coefficient (Wildman–Crippen LogP) is 2.25. The van der Waals surface area contributed by atoms with Crippen molar-refractivity contribution in [3.63, 3.8) is 0 Å². The van der Waals surface area contributed by atoms with E-state index in [0.29, 0.717) is 6.54 Å². The van der Waals surface area contributed by atoms with E-state index < -0.39 is 0 Å². The standard InChI is InChI=1S/C14H21N3O3/c1-10-7-16(8-11(2)20-10)9-12-6-13(17(18)19)4-5-14(12)15-3/h4-6,10-11,15H,7-9H2,1-3H3. The van der Waals surface area contributed by atoms with E-state index in [0.717, 1.165) is 24.3 Å². The van der Waals surface area contributed by atoms with Gasteiger partial charge in [0.2, 0.25) is 0 Å². The summed E-state index contributed by atoms with van der Waals surface area (Å²) >= 11 is 0. The number of non-ortho nitro benzene ring substituents is 1. The molecule has 0 spiro atoms. The number of ether oxygens (including phenoxy) is 1. The highest BCUT2D eigenvalue weighted by Gasteiger charge is 2.23. The van der Waals surface area contributed by atoms with Crippen LogP contribution in [-0.2, 0) is 11.3 Å². The van der Waals surface area contributed by atoms with Gasteiger partial charge in [0.15, 0.2) is 0 Å². The van der Waals surface area contributed by atoms with Gasteiger partial charge in [-0.25, -0.2) is 0 Å². The Bertz CT molecular complexity index is 483. The molecule has 0 radical (unpaired) electrons. The molecule has 1 aliphatic heterocycles. The van der Waals surface area contributed by atoms with Gasteiger partial charge in [-0.2, -0.15) is 0 Å². The fourth-order valence-electron chi connectivity index (χ4n) is 2.72. The van der Waals surface area contributed by atoms with Crippen LogP contribution in [0.2, 0.25) is 0 Å². The first-order chi connectivity index (χ1) is 9.49. The van der Waals surface area contributed by atoms with E-state index >= 15 is 0 Å². The monoisotopic (exact) mass is 279 g/mol. The Labute approximate surface area is 118 Å². The number of nitro benzene ring substituents is 1. The normalized spacial score (nSPS) is 23.6. The molecule has 6 heteroatoms. The zero-order valence-corrected chi connectivity index (χ0v) is 12.1. The molecular formula is C14H21N3O3. The predicted molar refractivity (Wildman–Crippen MR) is 77.9 cm³/mol. The van der Waals surface area contributed by atoms with E-state index in [1.807, 2.05) is 7.05 Å². The van der Waals surface area contributed by atoms with Crippen LogP contribution in [0, 0.1) is 10.1 Å². The molecule has 1 heterocycles. The second kappa shape index (κ2) is 6.19. The lowest BCUT2D eigenvalue weighted by molar-refractivity contribution is -0.384. The number of morpholine rings is 1. The van der Waals surface area contributed by atoms with Gasteiger partial charge < -0.3 is 10.1 Å². The van der Waals surface area contributed by atoms with Crippen molar-refractivity contribution < 1.29 is 9.66 Å². The van der Waals surface area contributed by atoms with Gasteiger partial charge in [0.25, 0.3) is 5.69 Å². The summed E-state index contributed by atoms with van der Waals surface area (Å²) in [5.74, 6) is 0. The Balaban J connectivity index is 2.18. The van der Waals surface area contributed by atoms with E-state index in [9.17, 15) is 10.1 Å². The highest BCUT2D eigenvalue weighted by molar-refractivity contribution is 5.55. The molecule has 20 heavy (non-hydrogen) atoms. The van der Waals surface area contributed by atoms with Crippen molar-refractivity contribution in [2.75, 3.05) is 25.5 Å². The Morgan fingerprint density at radius 2 is 2.05 bits per heavy atom. The van der Waals surface area contributed by atoms with Crippen LogP contribution in [0.3, 0.4) is 0 Å². The van der Waals surface area contributed by atoms with Gasteiger partial charge in [0, 0.05) is 44.5 Å². The molecule has 0 saturated carbocycles. The topological polar surface area (TPSA) is 67.6 Å². The van der Waals surface area contributed by atoms with Crippen LogP contribution in [-0.4, -0.2) is 42.2 Å². The van der Waals surface area contributed by atoms with E-state index in [1.54, 1.807) is 12.1 Å². The number of nitro groups is 1. The summed E-state index contributed by atoms with van der Waals surface area (Å²) in [4.78, 5) is 12.8. The van der Waals surface area contributed by atoms with E-state index in [4.69, 9.17) is 4.74 Å². The third kappa shape index (κ3) is 3.46. The first-order valence-electron chi connectivity index (χ1n) is 6.82. The maximum atomic E-state index is 10.9. The number of nitrogens with one attached hydrogen (secondary N) is 1. The van der Waals surface area contributed by atoms with Crippen LogP contribution >= 0.6 is 0 Å². The number of hydrogen-bond donors (Lipinski definition) is 1. The van der Waals surface area contributed by atoms with Crippen molar-refractivity contribution in [2.24, 2.45) is 0 Å². The zero-order valence-electron chi connectivity index (χ0n) is 12.1. The summed E-state index contributed by atoms with van der Waals surface area (Å²) < 4.78 is 5.71. The average Bonchev–Trinajstić information content (AvgIpc) is 2.37. The second-order valence-corrected chi connectivity index (χ2v) is 5.30. The molecular weight excluding hydrogens is 258 g/mol. The molecule has 110 valence electrons. The molecule has 0 aromatic heterocycles. The summed E-state index contributed by atoms with van der Waals surface area (Å²) in [6, 6.07) is 4.94. The van der Waals surface area contributed by atoms with Gasteiger partial charge in [-0.05, 0) is 25.5 Å². The van der Waals surface area contributed by atoms with Crippen molar-refractivity contribution in [1.29, 1.82) is 0 Å². The zero-order chi connectivity index (χ0) is 14.7. The molecule has 2 unspecified atom stereocenters. The number of rotatable bonds is 4. The Morgan fingerprint density at radius 3 is 2.60 bits per heavy atom. The summed E-state index contributed by atoms with van der Waals surface area (Å²) in [6.45, 7) is 6.48.